The molecular formula is C18H26N2O5. The highest BCUT2D eigenvalue weighted by atomic mass is 16.5. The Morgan fingerprint density at radius 3 is 2.32 bits per heavy atom. The Hall–Kier alpha value is -2.57. The first-order valence-electron chi connectivity index (χ1n) is 8.25. The minimum atomic E-state index is -0.882. The van der Waals surface area contributed by atoms with Crippen LogP contribution in [0.5, 0.6) is 5.75 Å². The molecule has 0 saturated carbocycles. The first-order chi connectivity index (χ1) is 11.9. The fourth-order valence-corrected chi connectivity index (χ4v) is 2.19. The molecule has 0 spiro atoms. The first-order valence-corrected chi connectivity index (χ1v) is 8.25. The van der Waals surface area contributed by atoms with Crippen molar-refractivity contribution in [3.63, 3.8) is 0 Å². The molecule has 25 heavy (non-hydrogen) atoms. The lowest BCUT2D eigenvalue weighted by atomic mass is 10.0. The van der Waals surface area contributed by atoms with Gasteiger partial charge in [0.05, 0.1) is 19.6 Å². The first kappa shape index (κ1) is 20.5. The van der Waals surface area contributed by atoms with Crippen molar-refractivity contribution in [3.05, 3.63) is 29.8 Å². The van der Waals surface area contributed by atoms with E-state index in [9.17, 15) is 14.4 Å². The predicted octanol–water partition coefficient (Wildman–Crippen LogP) is 1.72. The summed E-state index contributed by atoms with van der Waals surface area (Å²) in [6, 6.07) is 6.49. The van der Waals surface area contributed by atoms with E-state index in [-0.39, 0.29) is 18.2 Å². The fraction of sp³-hybridized carbons (Fsp3) is 0.500. The second kappa shape index (κ2) is 10.3. The van der Waals surface area contributed by atoms with Crippen molar-refractivity contribution in [1.29, 1.82) is 0 Å². The van der Waals surface area contributed by atoms with Gasteiger partial charge in [-0.3, -0.25) is 14.4 Å². The Kier molecular flexibility index (Phi) is 8.46. The molecule has 1 aromatic rings. The van der Waals surface area contributed by atoms with E-state index in [1.807, 2.05) is 6.92 Å². The summed E-state index contributed by atoms with van der Waals surface area (Å²) in [7, 11) is 1.56. The van der Waals surface area contributed by atoms with Gasteiger partial charge in [0, 0.05) is 13.5 Å². The predicted molar refractivity (Wildman–Crippen MR) is 93.0 cm³/mol. The lowest BCUT2D eigenvalue weighted by Crippen LogP contribution is -2.37. The van der Waals surface area contributed by atoms with Gasteiger partial charge in [0.2, 0.25) is 5.91 Å². The van der Waals surface area contributed by atoms with E-state index in [4.69, 9.17) is 9.47 Å². The van der Waals surface area contributed by atoms with E-state index in [2.05, 4.69) is 10.6 Å². The average molecular weight is 350 g/mol. The third-order valence-corrected chi connectivity index (χ3v) is 3.49. The zero-order chi connectivity index (χ0) is 18.8. The van der Waals surface area contributed by atoms with Gasteiger partial charge in [-0.2, -0.15) is 0 Å². The minimum Gasteiger partial charge on any atom is -0.497 e. The molecule has 1 aromatic carbocycles. The van der Waals surface area contributed by atoms with Crippen molar-refractivity contribution in [2.24, 2.45) is 0 Å². The standard InChI is InChI=1S/C18H26N2O5/c1-5-10-19-18(23)12(2)25-17(22)11-16(20-13(3)21)14-6-8-15(24-4)9-7-14/h6-9,12,16H,5,10-11H2,1-4H3,(H,19,23)(H,20,21). The summed E-state index contributed by atoms with van der Waals surface area (Å²) in [6.45, 7) is 5.36. The summed E-state index contributed by atoms with van der Waals surface area (Å²) in [5.41, 5.74) is 0.746. The Labute approximate surface area is 148 Å². The quantitative estimate of drug-likeness (QED) is 0.662. The molecule has 0 saturated heterocycles. The molecule has 7 heteroatoms. The van der Waals surface area contributed by atoms with E-state index in [0.717, 1.165) is 12.0 Å². The third-order valence-electron chi connectivity index (χ3n) is 3.49. The SMILES string of the molecule is CCCNC(=O)C(C)OC(=O)CC(NC(C)=O)c1ccc(OC)cc1. The largest absolute Gasteiger partial charge is 0.497 e. The number of esters is 1. The summed E-state index contributed by atoms with van der Waals surface area (Å²) in [6.07, 6.45) is -0.154. The molecule has 2 unspecified atom stereocenters. The smallest absolute Gasteiger partial charge is 0.309 e. The van der Waals surface area contributed by atoms with Gasteiger partial charge in [-0.25, -0.2) is 0 Å². The van der Waals surface area contributed by atoms with Crippen LogP contribution in [0.25, 0.3) is 0 Å². The van der Waals surface area contributed by atoms with Gasteiger partial charge >= 0.3 is 5.97 Å². The second-order valence-corrected chi connectivity index (χ2v) is 5.65. The molecule has 0 aliphatic carbocycles. The van der Waals surface area contributed by atoms with Crippen LogP contribution in [0, 0.1) is 0 Å². The van der Waals surface area contributed by atoms with Gasteiger partial charge < -0.3 is 20.1 Å². The molecule has 0 heterocycles. The molecule has 2 amide bonds. The summed E-state index contributed by atoms with van der Waals surface area (Å²) in [5, 5.41) is 5.39. The Morgan fingerprint density at radius 2 is 1.80 bits per heavy atom. The lowest BCUT2D eigenvalue weighted by Gasteiger charge is -2.19. The highest BCUT2D eigenvalue weighted by Crippen LogP contribution is 2.21. The van der Waals surface area contributed by atoms with Crippen LogP contribution >= 0.6 is 0 Å². The monoisotopic (exact) mass is 350 g/mol. The number of nitrogens with one attached hydrogen (secondary N) is 2. The molecule has 0 aliphatic heterocycles. The van der Waals surface area contributed by atoms with Gasteiger partial charge in [0.15, 0.2) is 6.10 Å². The number of hydrogen-bond acceptors (Lipinski definition) is 5. The number of rotatable bonds is 9. The zero-order valence-corrected chi connectivity index (χ0v) is 15.1. The molecule has 1 rings (SSSR count). The fourth-order valence-electron chi connectivity index (χ4n) is 2.19. The van der Waals surface area contributed by atoms with Crippen LogP contribution in [0.4, 0.5) is 0 Å². The maximum Gasteiger partial charge on any atom is 0.309 e. The van der Waals surface area contributed by atoms with Crippen molar-refractivity contribution in [2.75, 3.05) is 13.7 Å². The maximum absolute atomic E-state index is 12.1. The van der Waals surface area contributed by atoms with Crippen LogP contribution in [0.1, 0.15) is 45.2 Å². The highest BCUT2D eigenvalue weighted by molar-refractivity contribution is 5.83. The topological polar surface area (TPSA) is 93.7 Å². The van der Waals surface area contributed by atoms with Gasteiger partial charge in [-0.05, 0) is 31.0 Å². The summed E-state index contributed by atoms with van der Waals surface area (Å²) in [4.78, 5) is 35.3. The van der Waals surface area contributed by atoms with Crippen molar-refractivity contribution >= 4 is 17.8 Å². The Morgan fingerprint density at radius 1 is 1.16 bits per heavy atom. The Balaban J connectivity index is 2.71. The molecule has 7 nitrogen and oxygen atoms in total. The third kappa shape index (κ3) is 7.24. The van der Waals surface area contributed by atoms with Crippen LogP contribution < -0.4 is 15.4 Å². The molecule has 2 atom stereocenters. The van der Waals surface area contributed by atoms with E-state index < -0.39 is 18.1 Å². The number of carbonyl (C=O) groups is 3. The molecule has 138 valence electrons. The average Bonchev–Trinajstić information content (AvgIpc) is 2.58. The molecule has 0 bridgehead atoms. The van der Waals surface area contributed by atoms with Crippen LogP contribution in [0.3, 0.4) is 0 Å². The lowest BCUT2D eigenvalue weighted by molar-refractivity contribution is -0.155. The van der Waals surface area contributed by atoms with Crippen molar-refractivity contribution in [2.45, 2.75) is 45.8 Å². The number of hydrogen-bond donors (Lipinski definition) is 2. The minimum absolute atomic E-state index is 0.0721. The number of carbonyl (C=O) groups excluding carboxylic acids is 3. The number of ether oxygens (including phenoxy) is 2. The van der Waals surface area contributed by atoms with Crippen molar-refractivity contribution in [3.8, 4) is 5.75 Å². The summed E-state index contributed by atoms with van der Waals surface area (Å²) >= 11 is 0. The van der Waals surface area contributed by atoms with Gasteiger partial charge in [0.1, 0.15) is 5.75 Å². The van der Waals surface area contributed by atoms with Gasteiger partial charge in [-0.15, -0.1) is 0 Å². The van der Waals surface area contributed by atoms with Crippen LogP contribution in [-0.4, -0.2) is 37.5 Å². The highest BCUT2D eigenvalue weighted by Gasteiger charge is 2.22. The number of methoxy groups -OCH3 is 1. The maximum atomic E-state index is 12.1. The van der Waals surface area contributed by atoms with E-state index in [1.165, 1.54) is 13.8 Å². The molecular weight excluding hydrogens is 324 g/mol. The van der Waals surface area contributed by atoms with Crippen molar-refractivity contribution < 1.29 is 23.9 Å². The van der Waals surface area contributed by atoms with Gasteiger partial charge in [0.25, 0.3) is 5.91 Å². The number of benzene rings is 1. The summed E-state index contributed by atoms with van der Waals surface area (Å²) in [5.74, 6) is -0.485. The normalized spacial score (nSPS) is 12.6. The number of amides is 2. The van der Waals surface area contributed by atoms with E-state index in [0.29, 0.717) is 12.3 Å². The Bertz CT molecular complexity index is 586. The molecule has 2 N–H and O–H groups in total. The summed E-state index contributed by atoms with van der Waals surface area (Å²) < 4.78 is 10.3. The van der Waals surface area contributed by atoms with Crippen LogP contribution in [-0.2, 0) is 19.1 Å². The second-order valence-electron chi connectivity index (χ2n) is 5.65. The van der Waals surface area contributed by atoms with E-state index in [1.54, 1.807) is 31.4 Å². The zero-order valence-electron chi connectivity index (χ0n) is 15.1. The molecule has 0 radical (unpaired) electrons. The van der Waals surface area contributed by atoms with Crippen LogP contribution in [0.2, 0.25) is 0 Å². The van der Waals surface area contributed by atoms with Crippen LogP contribution in [0.15, 0.2) is 24.3 Å². The van der Waals surface area contributed by atoms with Crippen molar-refractivity contribution in [1.82, 2.24) is 10.6 Å². The van der Waals surface area contributed by atoms with E-state index >= 15 is 0 Å². The molecule has 0 aromatic heterocycles. The molecule has 0 aliphatic rings. The molecule has 0 fully saturated rings. The van der Waals surface area contributed by atoms with Gasteiger partial charge in [-0.1, -0.05) is 19.1 Å².